The molecule has 0 atom stereocenters. The van der Waals surface area contributed by atoms with Crippen LogP contribution in [0.5, 0.6) is 0 Å². The normalized spacial score (nSPS) is 16.9. The summed E-state index contributed by atoms with van der Waals surface area (Å²) in [6.07, 6.45) is 3.36. The lowest BCUT2D eigenvalue weighted by Gasteiger charge is -2.32. The van der Waals surface area contributed by atoms with Crippen molar-refractivity contribution in [3.8, 4) is 0 Å². The summed E-state index contributed by atoms with van der Waals surface area (Å²) in [5, 5.41) is 6.68. The maximum Gasteiger partial charge on any atom is 0.213 e. The zero-order chi connectivity index (χ0) is 20.2. The number of nitrogens with one attached hydrogen (secondary N) is 3. The first-order chi connectivity index (χ1) is 13.5. The Morgan fingerprint density at radius 2 is 1.89 bits per heavy atom. The minimum Gasteiger partial charge on any atom is -0.357 e. The van der Waals surface area contributed by atoms with Gasteiger partial charge in [0.25, 0.3) is 0 Å². The van der Waals surface area contributed by atoms with Gasteiger partial charge in [0.15, 0.2) is 5.96 Å². The molecule has 0 unspecified atom stereocenters. The van der Waals surface area contributed by atoms with E-state index in [2.05, 4.69) is 32.2 Å². The van der Waals surface area contributed by atoms with Crippen LogP contribution >= 0.6 is 0 Å². The number of benzene rings is 1. The van der Waals surface area contributed by atoms with Gasteiger partial charge in [-0.25, -0.2) is 13.1 Å². The highest BCUT2D eigenvalue weighted by molar-refractivity contribution is 7.89. The van der Waals surface area contributed by atoms with E-state index in [1.165, 1.54) is 6.42 Å². The van der Waals surface area contributed by atoms with Gasteiger partial charge in [0.2, 0.25) is 10.0 Å². The molecule has 0 radical (unpaired) electrons. The third kappa shape index (κ3) is 8.58. The molecule has 0 bridgehead atoms. The number of nitrogens with zero attached hydrogens (tertiary/aromatic N) is 2. The topological polar surface area (TPSA) is 85.8 Å². The fourth-order valence-electron chi connectivity index (χ4n) is 3.27. The van der Waals surface area contributed by atoms with Crippen molar-refractivity contribution >= 4 is 16.0 Å². The van der Waals surface area contributed by atoms with Crippen molar-refractivity contribution in [2.45, 2.75) is 45.7 Å². The number of sulfonamides is 1. The van der Waals surface area contributed by atoms with Crippen molar-refractivity contribution in [1.29, 1.82) is 0 Å². The quantitative estimate of drug-likeness (QED) is 0.403. The van der Waals surface area contributed by atoms with Gasteiger partial charge in [-0.1, -0.05) is 37.3 Å². The average Bonchev–Trinajstić information content (AvgIpc) is 2.69. The van der Waals surface area contributed by atoms with Crippen LogP contribution in [0.4, 0.5) is 0 Å². The summed E-state index contributed by atoms with van der Waals surface area (Å²) >= 11 is 0. The van der Waals surface area contributed by atoms with Crippen molar-refractivity contribution in [3.63, 3.8) is 0 Å². The minimum absolute atomic E-state index is 0.0225. The van der Waals surface area contributed by atoms with Gasteiger partial charge in [-0.15, -0.1) is 0 Å². The van der Waals surface area contributed by atoms with Crippen molar-refractivity contribution in [2.24, 2.45) is 4.99 Å². The fourth-order valence-corrected chi connectivity index (χ4v) is 4.13. The second-order valence-electron chi connectivity index (χ2n) is 7.15. The molecule has 1 aliphatic rings. The Kier molecular flexibility index (Phi) is 9.73. The van der Waals surface area contributed by atoms with E-state index >= 15 is 0 Å². The Labute approximate surface area is 170 Å². The van der Waals surface area contributed by atoms with E-state index in [1.807, 2.05) is 37.3 Å². The van der Waals surface area contributed by atoms with Crippen LogP contribution in [0, 0.1) is 0 Å². The number of piperidine rings is 1. The van der Waals surface area contributed by atoms with E-state index in [1.54, 1.807) is 0 Å². The van der Waals surface area contributed by atoms with Gasteiger partial charge in [0.1, 0.15) is 0 Å². The summed E-state index contributed by atoms with van der Waals surface area (Å²) in [4.78, 5) is 6.96. The molecular weight excluding hydrogens is 374 g/mol. The van der Waals surface area contributed by atoms with Crippen LogP contribution in [-0.4, -0.2) is 63.8 Å². The third-order valence-electron chi connectivity index (χ3n) is 4.78. The van der Waals surface area contributed by atoms with E-state index in [4.69, 9.17) is 0 Å². The van der Waals surface area contributed by atoms with E-state index in [0.717, 1.165) is 44.6 Å². The Bertz CT molecular complexity index is 686. The minimum atomic E-state index is -3.36. The predicted octanol–water partition coefficient (Wildman–Crippen LogP) is 1.54. The second-order valence-corrected chi connectivity index (χ2v) is 9.07. The smallest absolute Gasteiger partial charge is 0.213 e. The number of guanidine groups is 1. The first-order valence-corrected chi connectivity index (χ1v) is 12.0. The standard InChI is InChI=1S/C20H35N5O2S/c1-3-13-25-14-10-19(11-15-25)24-20(21-4-2)22-12-16-28(26,27)23-17-18-8-6-5-7-9-18/h5-9,19,23H,3-4,10-17H2,1-2H3,(H2,21,22,24). The molecule has 158 valence electrons. The lowest BCUT2D eigenvalue weighted by atomic mass is 10.1. The van der Waals surface area contributed by atoms with Crippen molar-refractivity contribution in [2.75, 3.05) is 38.5 Å². The molecule has 2 rings (SSSR count). The SMILES string of the molecule is CCCN1CCC(NC(=NCCS(=O)(=O)NCc2ccccc2)NCC)CC1. The van der Waals surface area contributed by atoms with E-state index in [0.29, 0.717) is 18.5 Å². The largest absolute Gasteiger partial charge is 0.357 e. The van der Waals surface area contributed by atoms with Crippen molar-refractivity contribution < 1.29 is 8.42 Å². The fraction of sp³-hybridized carbons (Fsp3) is 0.650. The van der Waals surface area contributed by atoms with Gasteiger partial charge in [0.05, 0.1) is 12.3 Å². The Hall–Kier alpha value is -1.64. The van der Waals surface area contributed by atoms with E-state index in [-0.39, 0.29) is 12.3 Å². The van der Waals surface area contributed by atoms with Crippen LogP contribution in [0.1, 0.15) is 38.7 Å². The summed E-state index contributed by atoms with van der Waals surface area (Å²) in [5.41, 5.74) is 0.944. The molecule has 0 amide bonds. The number of aliphatic imine (C=N–C) groups is 1. The molecule has 8 heteroatoms. The van der Waals surface area contributed by atoms with Crippen molar-refractivity contribution in [1.82, 2.24) is 20.3 Å². The number of hydrogen-bond donors (Lipinski definition) is 3. The lowest BCUT2D eigenvalue weighted by Crippen LogP contribution is -2.49. The number of hydrogen-bond acceptors (Lipinski definition) is 4. The van der Waals surface area contributed by atoms with Crippen LogP contribution in [0.25, 0.3) is 0 Å². The van der Waals surface area contributed by atoms with Crippen LogP contribution in [-0.2, 0) is 16.6 Å². The number of likely N-dealkylation sites (tertiary alicyclic amines) is 1. The first kappa shape index (κ1) is 22.6. The predicted molar refractivity (Wildman–Crippen MR) is 116 cm³/mol. The summed E-state index contributed by atoms with van der Waals surface area (Å²) < 4.78 is 27.0. The monoisotopic (exact) mass is 409 g/mol. The molecule has 1 saturated heterocycles. The lowest BCUT2D eigenvalue weighted by molar-refractivity contribution is 0.206. The van der Waals surface area contributed by atoms with Crippen molar-refractivity contribution in [3.05, 3.63) is 35.9 Å². The summed E-state index contributed by atoms with van der Waals surface area (Å²) in [6.45, 7) is 8.87. The van der Waals surface area contributed by atoms with Crippen LogP contribution in [0.2, 0.25) is 0 Å². The molecule has 7 nitrogen and oxygen atoms in total. The Morgan fingerprint density at radius 1 is 1.18 bits per heavy atom. The molecule has 0 spiro atoms. The molecule has 1 heterocycles. The van der Waals surface area contributed by atoms with E-state index < -0.39 is 10.0 Å². The molecule has 28 heavy (non-hydrogen) atoms. The van der Waals surface area contributed by atoms with Gasteiger partial charge >= 0.3 is 0 Å². The maximum atomic E-state index is 12.2. The second kappa shape index (κ2) is 12.0. The average molecular weight is 410 g/mol. The highest BCUT2D eigenvalue weighted by Crippen LogP contribution is 2.10. The first-order valence-electron chi connectivity index (χ1n) is 10.3. The molecule has 1 aromatic carbocycles. The molecule has 1 fully saturated rings. The van der Waals surface area contributed by atoms with Crippen LogP contribution in [0.15, 0.2) is 35.3 Å². The van der Waals surface area contributed by atoms with Gasteiger partial charge in [-0.3, -0.25) is 4.99 Å². The molecule has 3 N–H and O–H groups in total. The zero-order valence-corrected chi connectivity index (χ0v) is 18.0. The Morgan fingerprint density at radius 3 is 2.54 bits per heavy atom. The Balaban J connectivity index is 1.78. The highest BCUT2D eigenvalue weighted by Gasteiger charge is 2.19. The van der Waals surface area contributed by atoms with Crippen LogP contribution in [0.3, 0.4) is 0 Å². The molecule has 1 aliphatic heterocycles. The molecule has 0 aliphatic carbocycles. The third-order valence-corrected chi connectivity index (χ3v) is 6.09. The van der Waals surface area contributed by atoms with Gasteiger partial charge < -0.3 is 15.5 Å². The molecule has 0 aromatic heterocycles. The van der Waals surface area contributed by atoms with Crippen LogP contribution < -0.4 is 15.4 Å². The molecular formula is C20H35N5O2S. The summed E-state index contributed by atoms with van der Waals surface area (Å²) in [6, 6.07) is 9.90. The maximum absolute atomic E-state index is 12.2. The molecule has 1 aromatic rings. The van der Waals surface area contributed by atoms with Gasteiger partial charge in [-0.2, -0.15) is 0 Å². The molecule has 0 saturated carbocycles. The summed E-state index contributed by atoms with van der Waals surface area (Å²) in [5.74, 6) is 0.681. The highest BCUT2D eigenvalue weighted by atomic mass is 32.2. The van der Waals surface area contributed by atoms with Gasteiger partial charge in [0, 0.05) is 32.2 Å². The van der Waals surface area contributed by atoms with Gasteiger partial charge in [-0.05, 0) is 38.3 Å². The van der Waals surface area contributed by atoms with E-state index in [9.17, 15) is 8.42 Å². The zero-order valence-electron chi connectivity index (χ0n) is 17.2. The number of rotatable bonds is 10. The summed E-state index contributed by atoms with van der Waals surface area (Å²) in [7, 11) is -3.36.